The van der Waals surface area contributed by atoms with Crippen molar-refractivity contribution in [2.75, 3.05) is 18.5 Å². The Morgan fingerprint density at radius 3 is 2.85 bits per heavy atom. The maximum atomic E-state index is 12.1. The third kappa shape index (κ3) is 3.10. The van der Waals surface area contributed by atoms with Crippen LogP contribution in [0, 0.1) is 0 Å². The van der Waals surface area contributed by atoms with Crippen LogP contribution in [-0.4, -0.2) is 46.3 Å². The largest absolute Gasteiger partial charge is 0.478 e. The van der Waals surface area contributed by atoms with Crippen LogP contribution >= 0.6 is 15.9 Å². The molecule has 0 aliphatic carbocycles. The molecule has 1 aromatic rings. The molecule has 0 saturated carbocycles. The molecule has 20 heavy (non-hydrogen) atoms. The van der Waals surface area contributed by atoms with Gasteiger partial charge >= 0.3 is 12.0 Å². The topological polar surface area (TPSA) is 89.9 Å². The van der Waals surface area contributed by atoms with Gasteiger partial charge in [0.15, 0.2) is 0 Å². The number of halogens is 1. The second-order valence-electron chi connectivity index (χ2n) is 4.60. The summed E-state index contributed by atoms with van der Waals surface area (Å²) < 4.78 is 0.456. The van der Waals surface area contributed by atoms with Gasteiger partial charge in [0, 0.05) is 16.7 Å². The van der Waals surface area contributed by atoms with Crippen molar-refractivity contribution in [3.05, 3.63) is 28.2 Å². The summed E-state index contributed by atoms with van der Waals surface area (Å²) in [5, 5.41) is 20.9. The Morgan fingerprint density at radius 2 is 2.20 bits per heavy atom. The van der Waals surface area contributed by atoms with E-state index in [4.69, 9.17) is 5.11 Å². The number of urea groups is 1. The fourth-order valence-corrected chi connectivity index (χ4v) is 2.67. The standard InChI is InChI=1S/C13H15BrN2O4/c14-11-4-3-8(6-10(11)12(18)19)15-13(20)16-5-1-2-9(16)7-17/h3-4,6,9,17H,1-2,5,7H2,(H,15,20)(H,18,19). The minimum Gasteiger partial charge on any atom is -0.478 e. The highest BCUT2D eigenvalue weighted by molar-refractivity contribution is 9.10. The predicted molar refractivity (Wildman–Crippen MR) is 76.9 cm³/mol. The van der Waals surface area contributed by atoms with Crippen LogP contribution in [0.25, 0.3) is 0 Å². The number of nitrogens with one attached hydrogen (secondary N) is 1. The van der Waals surface area contributed by atoms with Crippen LogP contribution in [0.5, 0.6) is 0 Å². The van der Waals surface area contributed by atoms with E-state index >= 15 is 0 Å². The van der Waals surface area contributed by atoms with Crippen LogP contribution < -0.4 is 5.32 Å². The zero-order valence-corrected chi connectivity index (χ0v) is 12.3. The van der Waals surface area contributed by atoms with Gasteiger partial charge in [0.1, 0.15) is 0 Å². The molecule has 108 valence electrons. The van der Waals surface area contributed by atoms with Gasteiger partial charge in [-0.25, -0.2) is 9.59 Å². The smallest absolute Gasteiger partial charge is 0.336 e. The van der Waals surface area contributed by atoms with Crippen molar-refractivity contribution in [3.63, 3.8) is 0 Å². The maximum Gasteiger partial charge on any atom is 0.336 e. The molecular formula is C13H15BrN2O4. The predicted octanol–water partition coefficient (Wildman–Crippen LogP) is 2.14. The first kappa shape index (κ1) is 14.8. The van der Waals surface area contributed by atoms with Gasteiger partial charge in [0.25, 0.3) is 0 Å². The highest BCUT2D eigenvalue weighted by Crippen LogP contribution is 2.23. The first-order valence-corrected chi connectivity index (χ1v) is 7.03. The van der Waals surface area contributed by atoms with Crippen LogP contribution in [-0.2, 0) is 0 Å². The highest BCUT2D eigenvalue weighted by Gasteiger charge is 2.28. The van der Waals surface area contributed by atoms with Crippen molar-refractivity contribution in [2.24, 2.45) is 0 Å². The number of aliphatic hydroxyl groups excluding tert-OH is 1. The van der Waals surface area contributed by atoms with Crippen molar-refractivity contribution < 1.29 is 19.8 Å². The van der Waals surface area contributed by atoms with Gasteiger partial charge in [0.2, 0.25) is 0 Å². The maximum absolute atomic E-state index is 12.1. The molecule has 0 radical (unpaired) electrons. The molecule has 1 atom stereocenters. The Hall–Kier alpha value is -1.60. The molecule has 1 aliphatic heterocycles. The lowest BCUT2D eigenvalue weighted by atomic mass is 10.2. The monoisotopic (exact) mass is 342 g/mol. The number of hydrogen-bond acceptors (Lipinski definition) is 3. The minimum atomic E-state index is -1.07. The number of carboxylic acid groups (broad SMARTS) is 1. The zero-order chi connectivity index (χ0) is 14.7. The zero-order valence-electron chi connectivity index (χ0n) is 10.7. The molecule has 0 aromatic heterocycles. The number of carbonyl (C=O) groups is 2. The summed E-state index contributed by atoms with van der Waals surface area (Å²) in [6.07, 6.45) is 1.64. The van der Waals surface area contributed by atoms with Crippen LogP contribution in [0.1, 0.15) is 23.2 Å². The lowest BCUT2D eigenvalue weighted by molar-refractivity contribution is 0.0696. The van der Waals surface area contributed by atoms with E-state index in [9.17, 15) is 14.7 Å². The molecular weight excluding hydrogens is 328 g/mol. The van der Waals surface area contributed by atoms with E-state index in [1.807, 2.05) is 0 Å². The molecule has 7 heteroatoms. The molecule has 0 bridgehead atoms. The number of benzene rings is 1. The molecule has 3 N–H and O–H groups in total. The normalized spacial score (nSPS) is 18.1. The molecule has 2 amide bonds. The number of anilines is 1. The number of carboxylic acids is 1. The highest BCUT2D eigenvalue weighted by atomic mass is 79.9. The van der Waals surface area contributed by atoms with E-state index in [0.29, 0.717) is 16.7 Å². The Morgan fingerprint density at radius 1 is 1.45 bits per heavy atom. The Bertz CT molecular complexity index is 535. The molecule has 6 nitrogen and oxygen atoms in total. The van der Waals surface area contributed by atoms with E-state index in [1.54, 1.807) is 17.0 Å². The van der Waals surface area contributed by atoms with Gasteiger partial charge in [-0.2, -0.15) is 0 Å². The van der Waals surface area contributed by atoms with Crippen molar-refractivity contribution in [2.45, 2.75) is 18.9 Å². The van der Waals surface area contributed by atoms with Gasteiger partial charge in [-0.1, -0.05) is 0 Å². The molecule has 2 rings (SSSR count). The molecule has 1 aromatic carbocycles. The van der Waals surface area contributed by atoms with E-state index in [0.717, 1.165) is 12.8 Å². The second-order valence-corrected chi connectivity index (χ2v) is 5.46. The van der Waals surface area contributed by atoms with Crippen molar-refractivity contribution in [1.29, 1.82) is 0 Å². The summed E-state index contributed by atoms with van der Waals surface area (Å²) >= 11 is 3.15. The van der Waals surface area contributed by atoms with Crippen LogP contribution in [0.4, 0.5) is 10.5 Å². The third-order valence-electron chi connectivity index (χ3n) is 3.30. The molecule has 1 heterocycles. The van der Waals surface area contributed by atoms with Crippen molar-refractivity contribution in [1.82, 2.24) is 4.90 Å². The Kier molecular flexibility index (Phi) is 4.61. The Balaban J connectivity index is 2.12. The fourth-order valence-electron chi connectivity index (χ4n) is 2.26. The number of nitrogens with zero attached hydrogens (tertiary/aromatic N) is 1. The summed E-state index contributed by atoms with van der Waals surface area (Å²) in [6, 6.07) is 4.11. The summed E-state index contributed by atoms with van der Waals surface area (Å²) in [5.74, 6) is -1.07. The minimum absolute atomic E-state index is 0.0614. The Labute approximate surface area is 124 Å². The SMILES string of the molecule is O=C(O)c1cc(NC(=O)N2CCCC2CO)ccc1Br. The average Bonchev–Trinajstić information content (AvgIpc) is 2.89. The van der Waals surface area contributed by atoms with E-state index in [1.165, 1.54) is 6.07 Å². The van der Waals surface area contributed by atoms with Crippen molar-refractivity contribution >= 4 is 33.6 Å². The molecule has 1 fully saturated rings. The number of hydrogen-bond donors (Lipinski definition) is 3. The second kappa shape index (κ2) is 6.23. The quantitative estimate of drug-likeness (QED) is 0.784. The van der Waals surface area contributed by atoms with Gasteiger partial charge in [-0.05, 0) is 47.0 Å². The summed E-state index contributed by atoms with van der Waals surface area (Å²) in [6.45, 7) is 0.535. The number of amides is 2. The molecule has 1 unspecified atom stereocenters. The van der Waals surface area contributed by atoms with Crippen LogP contribution in [0.15, 0.2) is 22.7 Å². The van der Waals surface area contributed by atoms with Gasteiger partial charge in [-0.15, -0.1) is 0 Å². The van der Waals surface area contributed by atoms with E-state index in [-0.39, 0.29) is 24.2 Å². The van der Waals surface area contributed by atoms with Crippen molar-refractivity contribution in [3.8, 4) is 0 Å². The van der Waals surface area contributed by atoms with Gasteiger partial charge in [0.05, 0.1) is 18.2 Å². The van der Waals surface area contributed by atoms with E-state index in [2.05, 4.69) is 21.2 Å². The van der Waals surface area contributed by atoms with Crippen LogP contribution in [0.3, 0.4) is 0 Å². The number of carbonyl (C=O) groups excluding carboxylic acids is 1. The number of aliphatic hydroxyl groups is 1. The molecule has 1 saturated heterocycles. The average molecular weight is 343 g/mol. The lowest BCUT2D eigenvalue weighted by Gasteiger charge is -2.23. The molecule has 0 spiro atoms. The first-order valence-electron chi connectivity index (χ1n) is 6.24. The number of aromatic carboxylic acids is 1. The third-order valence-corrected chi connectivity index (χ3v) is 3.99. The van der Waals surface area contributed by atoms with Gasteiger partial charge < -0.3 is 20.4 Å². The van der Waals surface area contributed by atoms with Crippen LogP contribution in [0.2, 0.25) is 0 Å². The number of likely N-dealkylation sites (tertiary alicyclic amines) is 1. The van der Waals surface area contributed by atoms with Gasteiger partial charge in [-0.3, -0.25) is 0 Å². The number of rotatable bonds is 3. The summed E-state index contributed by atoms with van der Waals surface area (Å²) in [4.78, 5) is 24.7. The lowest BCUT2D eigenvalue weighted by Crippen LogP contribution is -2.40. The molecule has 1 aliphatic rings. The fraction of sp³-hybridized carbons (Fsp3) is 0.385. The van der Waals surface area contributed by atoms with E-state index < -0.39 is 5.97 Å². The summed E-state index contributed by atoms with van der Waals surface area (Å²) in [5.41, 5.74) is 0.502. The first-order chi connectivity index (χ1) is 9.52. The summed E-state index contributed by atoms with van der Waals surface area (Å²) in [7, 11) is 0.